The minimum atomic E-state index is 0.743. The Morgan fingerprint density at radius 2 is 1.00 bits per heavy atom. The van der Waals surface area contributed by atoms with Crippen molar-refractivity contribution in [3.8, 4) is 11.8 Å². The molecule has 0 saturated carbocycles. The molecule has 82 valence electrons. The average molecular weight is 210 g/mol. The topological polar surface area (TPSA) is 0 Å². The first-order valence-corrected chi connectivity index (χ1v) is 4.99. The number of hydrogen-bond donors (Lipinski definition) is 0. The van der Waals surface area contributed by atoms with Gasteiger partial charge in [0, 0.05) is 11.1 Å². The van der Waals surface area contributed by atoms with E-state index in [2.05, 4.69) is 38.2 Å². The van der Waals surface area contributed by atoms with Crippen molar-refractivity contribution < 1.29 is 0 Å². The summed E-state index contributed by atoms with van der Waals surface area (Å²) in [6, 6.07) is 0. The molecule has 0 fully saturated rings. The lowest BCUT2D eigenvalue weighted by molar-refractivity contribution is 1.55. The Balaban J connectivity index is 4.40. The van der Waals surface area contributed by atoms with Gasteiger partial charge in [-0.3, -0.25) is 0 Å². The Morgan fingerprint density at radius 3 is 1.25 bits per heavy atom. The number of allylic oxidation sites excluding steroid dienone is 8. The van der Waals surface area contributed by atoms with Gasteiger partial charge in [-0.05, 0) is 26.0 Å². The van der Waals surface area contributed by atoms with Crippen molar-refractivity contribution in [2.45, 2.75) is 13.8 Å². The lowest BCUT2D eigenvalue weighted by Gasteiger charge is -1.88. The van der Waals surface area contributed by atoms with E-state index in [4.69, 9.17) is 0 Å². The predicted octanol–water partition coefficient (Wildman–Crippen LogP) is 4.37. The molecule has 0 aromatic rings. The van der Waals surface area contributed by atoms with Gasteiger partial charge in [0.1, 0.15) is 0 Å². The summed E-state index contributed by atoms with van der Waals surface area (Å²) in [6.07, 6.45) is 7.43. The summed E-state index contributed by atoms with van der Waals surface area (Å²) in [4.78, 5) is 0. The summed E-state index contributed by atoms with van der Waals surface area (Å²) >= 11 is 0. The van der Waals surface area contributed by atoms with E-state index < -0.39 is 0 Å². The summed E-state index contributed by atoms with van der Waals surface area (Å²) < 4.78 is 0. The lowest BCUT2D eigenvalue weighted by Crippen LogP contribution is -1.72. The molecular formula is C16H18. The zero-order valence-electron chi connectivity index (χ0n) is 10.1. The maximum Gasteiger partial charge on any atom is 0.0177 e. The molecule has 0 heterocycles. The fourth-order valence-electron chi connectivity index (χ4n) is 0.730. The molecule has 16 heavy (non-hydrogen) atoms. The second kappa shape index (κ2) is 7.31. The molecule has 0 heteroatoms. The summed E-state index contributed by atoms with van der Waals surface area (Å²) in [5, 5.41) is 0. The van der Waals surface area contributed by atoms with Gasteiger partial charge in [0.15, 0.2) is 0 Å². The normalized spacial score (nSPS) is 9.88. The zero-order chi connectivity index (χ0) is 12.6. The van der Waals surface area contributed by atoms with Crippen LogP contribution >= 0.6 is 0 Å². The van der Waals surface area contributed by atoms with E-state index in [-0.39, 0.29) is 0 Å². The van der Waals surface area contributed by atoms with Crippen molar-refractivity contribution in [1.82, 2.24) is 0 Å². The SMILES string of the molecule is C=C(C)/C=C\C(=C)C#CC(=C)/C=C\C(=C)C. The molecule has 0 aliphatic heterocycles. The van der Waals surface area contributed by atoms with Gasteiger partial charge in [-0.15, -0.1) is 0 Å². The molecule has 0 spiro atoms. The molecule has 0 bridgehead atoms. The van der Waals surface area contributed by atoms with Crippen LogP contribution in [-0.2, 0) is 0 Å². The highest BCUT2D eigenvalue weighted by Gasteiger charge is 1.82. The van der Waals surface area contributed by atoms with Crippen LogP contribution in [0.15, 0.2) is 72.9 Å². The summed E-state index contributed by atoms with van der Waals surface area (Å²) in [5.41, 5.74) is 3.44. The molecule has 0 aliphatic rings. The van der Waals surface area contributed by atoms with Crippen LogP contribution in [0.2, 0.25) is 0 Å². The van der Waals surface area contributed by atoms with Crippen molar-refractivity contribution in [3.63, 3.8) is 0 Å². The molecule has 0 rings (SSSR count). The molecule has 0 saturated heterocycles. The first kappa shape index (κ1) is 14.0. The first-order valence-electron chi connectivity index (χ1n) is 4.99. The molecule has 0 aromatic heterocycles. The van der Waals surface area contributed by atoms with Gasteiger partial charge >= 0.3 is 0 Å². The summed E-state index contributed by atoms with van der Waals surface area (Å²) in [7, 11) is 0. The van der Waals surface area contributed by atoms with E-state index in [1.165, 1.54) is 0 Å². The molecule has 0 amide bonds. The monoisotopic (exact) mass is 210 g/mol. The Bertz CT molecular complexity index is 388. The van der Waals surface area contributed by atoms with Gasteiger partial charge in [-0.2, -0.15) is 0 Å². The van der Waals surface area contributed by atoms with E-state index in [0.29, 0.717) is 0 Å². The molecule has 0 aliphatic carbocycles. The van der Waals surface area contributed by atoms with Crippen LogP contribution in [0.25, 0.3) is 0 Å². The predicted molar refractivity (Wildman–Crippen MR) is 74.0 cm³/mol. The molecule has 0 aromatic carbocycles. The Labute approximate surface area is 99.1 Å². The minimum Gasteiger partial charge on any atom is -0.0961 e. The highest BCUT2D eigenvalue weighted by Crippen LogP contribution is 1.99. The van der Waals surface area contributed by atoms with Crippen LogP contribution < -0.4 is 0 Å². The van der Waals surface area contributed by atoms with Gasteiger partial charge in [0.2, 0.25) is 0 Å². The fourth-order valence-corrected chi connectivity index (χ4v) is 0.730. The van der Waals surface area contributed by atoms with Crippen molar-refractivity contribution in [2.75, 3.05) is 0 Å². The molecule has 0 nitrogen and oxygen atoms in total. The van der Waals surface area contributed by atoms with Crippen LogP contribution in [0.5, 0.6) is 0 Å². The van der Waals surface area contributed by atoms with Crippen molar-refractivity contribution in [3.05, 3.63) is 72.9 Å². The smallest absolute Gasteiger partial charge is 0.0177 e. The van der Waals surface area contributed by atoms with Crippen molar-refractivity contribution in [1.29, 1.82) is 0 Å². The van der Waals surface area contributed by atoms with E-state index in [0.717, 1.165) is 22.3 Å². The first-order chi connectivity index (χ1) is 7.41. The van der Waals surface area contributed by atoms with Crippen LogP contribution in [-0.4, -0.2) is 0 Å². The lowest BCUT2D eigenvalue weighted by atomic mass is 10.2. The van der Waals surface area contributed by atoms with E-state index >= 15 is 0 Å². The highest BCUT2D eigenvalue weighted by molar-refractivity contribution is 5.46. The molecule has 0 N–H and O–H groups in total. The van der Waals surface area contributed by atoms with Crippen LogP contribution in [0.4, 0.5) is 0 Å². The van der Waals surface area contributed by atoms with E-state index in [1.54, 1.807) is 0 Å². The quantitative estimate of drug-likeness (QED) is 0.477. The third kappa shape index (κ3) is 8.59. The number of hydrogen-bond acceptors (Lipinski definition) is 0. The van der Waals surface area contributed by atoms with Crippen LogP contribution in [0.1, 0.15) is 13.8 Å². The molecule has 0 radical (unpaired) electrons. The molecule has 0 atom stereocenters. The third-order valence-electron chi connectivity index (χ3n) is 1.52. The Morgan fingerprint density at radius 1 is 0.688 bits per heavy atom. The van der Waals surface area contributed by atoms with E-state index in [1.807, 2.05) is 38.2 Å². The summed E-state index contributed by atoms with van der Waals surface area (Å²) in [5.74, 6) is 5.82. The van der Waals surface area contributed by atoms with Crippen LogP contribution in [0.3, 0.4) is 0 Å². The minimum absolute atomic E-state index is 0.743. The van der Waals surface area contributed by atoms with Crippen molar-refractivity contribution >= 4 is 0 Å². The van der Waals surface area contributed by atoms with E-state index in [9.17, 15) is 0 Å². The van der Waals surface area contributed by atoms with Gasteiger partial charge in [0.25, 0.3) is 0 Å². The maximum absolute atomic E-state index is 3.81. The van der Waals surface area contributed by atoms with Crippen molar-refractivity contribution in [2.24, 2.45) is 0 Å². The standard InChI is InChI=1S/C16H18/c1-13(2)7-9-15(5)11-12-16(6)10-8-14(3)4/h7-10H,1,3,5-6H2,2,4H3/b9-7-,10-8-. The summed E-state index contributed by atoms with van der Waals surface area (Å²) in [6.45, 7) is 19.0. The number of rotatable bonds is 4. The average Bonchev–Trinajstić information content (AvgIpc) is 2.20. The second-order valence-electron chi connectivity index (χ2n) is 3.66. The third-order valence-corrected chi connectivity index (χ3v) is 1.52. The molecular weight excluding hydrogens is 192 g/mol. The fraction of sp³-hybridized carbons (Fsp3) is 0.125. The zero-order valence-corrected chi connectivity index (χ0v) is 10.1. The van der Waals surface area contributed by atoms with Gasteiger partial charge in [0.05, 0.1) is 0 Å². The highest BCUT2D eigenvalue weighted by atomic mass is 13.9. The van der Waals surface area contributed by atoms with Gasteiger partial charge in [-0.1, -0.05) is 61.5 Å². The Hall–Kier alpha value is -2.00. The van der Waals surface area contributed by atoms with Crippen LogP contribution in [0, 0.1) is 11.8 Å². The van der Waals surface area contributed by atoms with Gasteiger partial charge in [-0.25, -0.2) is 0 Å². The largest absolute Gasteiger partial charge is 0.0961 e. The molecule has 0 unspecified atom stereocenters. The second-order valence-corrected chi connectivity index (χ2v) is 3.66. The Kier molecular flexibility index (Phi) is 6.40. The van der Waals surface area contributed by atoms with Gasteiger partial charge < -0.3 is 0 Å². The maximum atomic E-state index is 3.81.